The first-order valence-corrected chi connectivity index (χ1v) is 13.5. The molecule has 3 amide bonds. The van der Waals surface area contributed by atoms with Crippen LogP contribution in [-0.2, 0) is 20.9 Å². The fourth-order valence-electron chi connectivity index (χ4n) is 3.78. The summed E-state index contributed by atoms with van der Waals surface area (Å²) in [7, 11) is 0. The van der Waals surface area contributed by atoms with Crippen LogP contribution in [0.25, 0.3) is 0 Å². The molecule has 11 nitrogen and oxygen atoms in total. The number of carboxylic acid groups (broad SMARTS) is 1. The molecule has 0 saturated carbocycles. The molecule has 0 aliphatic carbocycles. The minimum absolute atomic E-state index is 0.0273. The lowest BCUT2D eigenvalue weighted by Crippen LogP contribution is -2.50. The first-order valence-electron chi connectivity index (χ1n) is 11.8. The Morgan fingerprint density at radius 3 is 2.60 bits per heavy atom. The van der Waals surface area contributed by atoms with Gasteiger partial charge in [-0.15, -0.1) is 22.7 Å². The van der Waals surface area contributed by atoms with E-state index in [0.29, 0.717) is 15.3 Å². The van der Waals surface area contributed by atoms with Gasteiger partial charge in [-0.1, -0.05) is 29.3 Å². The minimum Gasteiger partial charge on any atom is -0.478 e. The largest absolute Gasteiger partial charge is 0.478 e. The maximum Gasteiger partial charge on any atom is 0.335 e. The van der Waals surface area contributed by atoms with Crippen LogP contribution in [0.5, 0.6) is 0 Å². The van der Waals surface area contributed by atoms with E-state index in [1.54, 1.807) is 41.8 Å². The predicted molar refractivity (Wildman–Crippen MR) is 149 cm³/mol. The Balaban J connectivity index is 1.43. The molecule has 2 atom stereocenters. The van der Waals surface area contributed by atoms with E-state index >= 15 is 0 Å². The van der Waals surface area contributed by atoms with Crippen LogP contribution in [0.2, 0.25) is 0 Å². The van der Waals surface area contributed by atoms with Crippen molar-refractivity contribution in [3.63, 3.8) is 0 Å². The molecule has 0 bridgehead atoms. The summed E-state index contributed by atoms with van der Waals surface area (Å²) in [5.41, 5.74) is 6.12. The molecule has 1 aliphatic heterocycles. The molecule has 40 heavy (non-hydrogen) atoms. The average molecular weight is 578 g/mol. The van der Waals surface area contributed by atoms with Gasteiger partial charge in [0.25, 0.3) is 11.8 Å². The predicted octanol–water partition coefficient (Wildman–Crippen LogP) is 1.89. The number of rotatable bonds is 8. The van der Waals surface area contributed by atoms with E-state index < -0.39 is 35.8 Å². The lowest BCUT2D eigenvalue weighted by Gasteiger charge is -2.28. The molecule has 1 aliphatic rings. The van der Waals surface area contributed by atoms with Gasteiger partial charge in [-0.2, -0.15) is 0 Å². The molecular weight excluding hydrogens is 554 g/mol. The number of nitrogens with zero attached hydrogens (tertiary/aromatic N) is 2. The summed E-state index contributed by atoms with van der Waals surface area (Å²) in [6.45, 7) is 0.367. The highest BCUT2D eigenvalue weighted by Gasteiger charge is 2.36. The Bertz CT molecular complexity index is 1530. The monoisotopic (exact) mass is 577 g/mol. The van der Waals surface area contributed by atoms with E-state index in [1.165, 1.54) is 51.8 Å². The number of carboxylic acids is 1. The summed E-state index contributed by atoms with van der Waals surface area (Å²) in [6.07, 6.45) is 3.33. The van der Waals surface area contributed by atoms with E-state index in [1.807, 2.05) is 0 Å². The van der Waals surface area contributed by atoms with Crippen LogP contribution in [0, 0.1) is 11.8 Å². The summed E-state index contributed by atoms with van der Waals surface area (Å²) in [4.78, 5) is 53.6. The third-order valence-corrected chi connectivity index (χ3v) is 7.81. The van der Waals surface area contributed by atoms with Gasteiger partial charge in [-0.25, -0.2) is 4.79 Å². The number of hydrogen-bond donors (Lipinski definition) is 5. The number of aromatic carboxylic acids is 1. The van der Waals surface area contributed by atoms with Gasteiger partial charge in [-0.3, -0.25) is 14.4 Å². The highest BCUT2D eigenvalue weighted by molar-refractivity contribution is 7.14. The zero-order valence-electron chi connectivity index (χ0n) is 20.7. The van der Waals surface area contributed by atoms with Crippen molar-refractivity contribution in [2.45, 2.75) is 18.6 Å². The standard InChI is InChI=1S/C27H23N5O6S2/c28-24(31-38)21-11-10-18(40-21)15-29-25(34)19-3-1-13-32(19)26(35)23(20-4-2-14-39-20)30-22(33)12-7-16-5-8-17(9-6-16)27(36)37/h1-6,8-11,14,19,23,38H,13,15H2,(H2,28,31)(H,29,34)(H,30,33)(H,36,37)/t19?,23-/m0/s1. The van der Waals surface area contributed by atoms with Gasteiger partial charge in [0.05, 0.1) is 17.0 Å². The van der Waals surface area contributed by atoms with Gasteiger partial charge in [0.1, 0.15) is 12.1 Å². The number of amides is 3. The maximum absolute atomic E-state index is 13.6. The number of thiophene rings is 2. The quantitative estimate of drug-likeness (QED) is 0.0679. The number of carbonyl (C=O) groups is 4. The van der Waals surface area contributed by atoms with Crippen LogP contribution in [0.15, 0.2) is 71.2 Å². The molecule has 2 aromatic heterocycles. The van der Waals surface area contributed by atoms with Crippen molar-refractivity contribution >= 4 is 52.2 Å². The molecular formula is C27H23N5O6S2. The Labute approximate surface area is 236 Å². The Hall–Kier alpha value is -4.93. The highest BCUT2D eigenvalue weighted by atomic mass is 32.1. The Morgan fingerprint density at radius 1 is 1.15 bits per heavy atom. The fourth-order valence-corrected chi connectivity index (χ4v) is 5.40. The molecule has 4 rings (SSSR count). The van der Waals surface area contributed by atoms with Crippen molar-refractivity contribution in [1.82, 2.24) is 15.5 Å². The topological polar surface area (TPSA) is 174 Å². The van der Waals surface area contributed by atoms with E-state index in [9.17, 15) is 19.2 Å². The molecule has 3 heterocycles. The first kappa shape index (κ1) is 28.1. The van der Waals surface area contributed by atoms with Gasteiger partial charge in [0.2, 0.25) is 5.91 Å². The van der Waals surface area contributed by atoms with E-state index in [4.69, 9.17) is 16.0 Å². The summed E-state index contributed by atoms with van der Waals surface area (Å²) in [5, 5.41) is 28.0. The van der Waals surface area contributed by atoms with Gasteiger partial charge in [0, 0.05) is 27.8 Å². The Morgan fingerprint density at radius 2 is 1.93 bits per heavy atom. The van der Waals surface area contributed by atoms with E-state index in [2.05, 4.69) is 27.6 Å². The molecule has 3 aromatic rings. The van der Waals surface area contributed by atoms with Crippen LogP contribution in [0.3, 0.4) is 0 Å². The van der Waals surface area contributed by atoms with Gasteiger partial charge in [0.15, 0.2) is 5.84 Å². The summed E-state index contributed by atoms with van der Waals surface area (Å²) >= 11 is 2.54. The van der Waals surface area contributed by atoms with Crippen molar-refractivity contribution in [3.8, 4) is 11.8 Å². The molecule has 6 N–H and O–H groups in total. The van der Waals surface area contributed by atoms with E-state index in [0.717, 1.165) is 4.88 Å². The van der Waals surface area contributed by atoms with Crippen molar-refractivity contribution in [2.24, 2.45) is 10.9 Å². The Kier molecular flexibility index (Phi) is 8.95. The average Bonchev–Trinajstić information content (AvgIpc) is 3.75. The van der Waals surface area contributed by atoms with Crippen LogP contribution < -0.4 is 16.4 Å². The van der Waals surface area contributed by atoms with Gasteiger partial charge in [-0.05, 0) is 47.8 Å². The van der Waals surface area contributed by atoms with E-state index in [-0.39, 0.29) is 24.5 Å². The van der Waals surface area contributed by atoms with Crippen LogP contribution in [-0.4, -0.2) is 57.3 Å². The second-order valence-electron chi connectivity index (χ2n) is 8.39. The summed E-state index contributed by atoms with van der Waals surface area (Å²) in [5.74, 6) is 2.41. The molecule has 13 heteroatoms. The number of nitrogens with one attached hydrogen (secondary N) is 2. The number of hydrogen-bond acceptors (Lipinski definition) is 8. The van der Waals surface area contributed by atoms with Crippen LogP contribution in [0.4, 0.5) is 0 Å². The van der Waals surface area contributed by atoms with Crippen molar-refractivity contribution in [3.05, 3.63) is 91.8 Å². The van der Waals surface area contributed by atoms with Crippen molar-refractivity contribution in [1.29, 1.82) is 0 Å². The normalized spacial score (nSPS) is 15.2. The maximum atomic E-state index is 13.6. The second kappa shape index (κ2) is 12.7. The number of carbonyl (C=O) groups excluding carboxylic acids is 3. The number of oxime groups is 1. The number of amidine groups is 1. The van der Waals surface area contributed by atoms with Crippen molar-refractivity contribution < 1.29 is 29.5 Å². The molecule has 0 saturated heterocycles. The van der Waals surface area contributed by atoms with Gasteiger partial charge < -0.3 is 31.6 Å². The number of benzene rings is 1. The molecule has 204 valence electrons. The molecule has 0 radical (unpaired) electrons. The number of nitrogens with two attached hydrogens (primary N) is 1. The first-order chi connectivity index (χ1) is 19.3. The lowest BCUT2D eigenvalue weighted by molar-refractivity contribution is -0.140. The minimum atomic E-state index is -1.07. The molecule has 0 fully saturated rings. The zero-order valence-corrected chi connectivity index (χ0v) is 22.4. The third kappa shape index (κ3) is 6.73. The summed E-state index contributed by atoms with van der Waals surface area (Å²) < 4.78 is 0. The molecule has 0 spiro atoms. The lowest BCUT2D eigenvalue weighted by atomic mass is 10.1. The highest BCUT2D eigenvalue weighted by Crippen LogP contribution is 2.24. The molecule has 1 unspecified atom stereocenters. The van der Waals surface area contributed by atoms with Gasteiger partial charge >= 0.3 is 5.97 Å². The third-order valence-electron chi connectivity index (χ3n) is 5.77. The SMILES string of the molecule is N/C(=N\O)c1ccc(CNC(=O)C2C=CCN2C(=O)[C@@H](NC(=O)C#Cc2ccc(C(=O)O)cc2)c2cccs2)s1. The van der Waals surface area contributed by atoms with Crippen molar-refractivity contribution in [2.75, 3.05) is 6.54 Å². The smallest absolute Gasteiger partial charge is 0.335 e. The van der Waals surface area contributed by atoms with Crippen LogP contribution >= 0.6 is 22.7 Å². The summed E-state index contributed by atoms with van der Waals surface area (Å²) in [6, 6.07) is 10.7. The fraction of sp³-hybridized carbons (Fsp3) is 0.148. The second-order valence-corrected chi connectivity index (χ2v) is 10.5. The van der Waals surface area contributed by atoms with Crippen LogP contribution in [0.1, 0.15) is 36.6 Å². The zero-order chi connectivity index (χ0) is 28.6. The molecule has 1 aromatic carbocycles.